The van der Waals surface area contributed by atoms with Crippen LogP contribution in [0.3, 0.4) is 0 Å². The summed E-state index contributed by atoms with van der Waals surface area (Å²) in [5.74, 6) is -0.0499. The molecular formula is C71H49N3. The first-order valence-electron chi connectivity index (χ1n) is 25.5. The Morgan fingerprint density at radius 3 is 1.16 bits per heavy atom. The molecule has 0 bridgehead atoms. The van der Waals surface area contributed by atoms with Crippen molar-refractivity contribution >= 4 is 71.4 Å². The number of rotatable bonds is 10. The van der Waals surface area contributed by atoms with Gasteiger partial charge in [-0.05, 0) is 135 Å². The van der Waals surface area contributed by atoms with Gasteiger partial charge in [0.2, 0.25) is 0 Å². The fourth-order valence-corrected chi connectivity index (χ4v) is 11.7. The van der Waals surface area contributed by atoms with Crippen LogP contribution in [0.4, 0.5) is 17.1 Å². The highest BCUT2D eigenvalue weighted by molar-refractivity contribution is 6.11. The second kappa shape index (κ2) is 18.2. The minimum Gasteiger partial charge on any atom is -0.310 e. The van der Waals surface area contributed by atoms with Crippen molar-refractivity contribution in [3.63, 3.8) is 0 Å². The van der Waals surface area contributed by atoms with Crippen molar-refractivity contribution < 1.29 is 0 Å². The van der Waals surface area contributed by atoms with E-state index in [1.165, 1.54) is 82.2 Å². The zero-order valence-corrected chi connectivity index (χ0v) is 40.6. The molecular weight excluding hydrogens is 895 g/mol. The Hall–Kier alpha value is -9.70. The van der Waals surface area contributed by atoms with E-state index in [9.17, 15) is 0 Å². The molecule has 0 radical (unpaired) electrons. The van der Waals surface area contributed by atoms with E-state index in [-0.39, 0.29) is 5.92 Å². The third-order valence-corrected chi connectivity index (χ3v) is 15.0. The molecule has 0 saturated carbocycles. The molecule has 0 saturated heterocycles. The third kappa shape index (κ3) is 7.36. The van der Waals surface area contributed by atoms with E-state index in [1.807, 2.05) is 0 Å². The maximum Gasteiger partial charge on any atom is 0.0546 e. The van der Waals surface area contributed by atoms with Gasteiger partial charge in [0.05, 0.1) is 27.8 Å². The van der Waals surface area contributed by atoms with Gasteiger partial charge < -0.3 is 14.0 Å². The Morgan fingerprint density at radius 2 is 0.662 bits per heavy atom. The largest absolute Gasteiger partial charge is 0.310 e. The van der Waals surface area contributed by atoms with E-state index in [1.54, 1.807) is 0 Å². The van der Waals surface area contributed by atoms with Crippen LogP contribution >= 0.6 is 0 Å². The van der Waals surface area contributed by atoms with Gasteiger partial charge in [0.15, 0.2) is 0 Å². The maximum atomic E-state index is 2.45. The number of anilines is 3. The van der Waals surface area contributed by atoms with Gasteiger partial charge in [-0.15, -0.1) is 0 Å². The first kappa shape index (κ1) is 43.1. The zero-order valence-electron chi connectivity index (χ0n) is 40.6. The van der Waals surface area contributed by atoms with Gasteiger partial charge in [-0.3, -0.25) is 0 Å². The van der Waals surface area contributed by atoms with E-state index in [0.717, 1.165) is 39.6 Å². The van der Waals surface area contributed by atoms with Gasteiger partial charge in [0.1, 0.15) is 0 Å². The molecule has 2 aromatic heterocycles. The highest BCUT2D eigenvalue weighted by atomic mass is 15.1. The van der Waals surface area contributed by atoms with Crippen molar-refractivity contribution in [2.75, 3.05) is 4.90 Å². The third-order valence-electron chi connectivity index (χ3n) is 15.0. The lowest BCUT2D eigenvalue weighted by molar-refractivity contribution is 0.978. The summed E-state index contributed by atoms with van der Waals surface area (Å²) in [5.41, 5.74) is 18.7. The molecule has 0 fully saturated rings. The van der Waals surface area contributed by atoms with Gasteiger partial charge in [-0.1, -0.05) is 200 Å². The molecule has 0 aliphatic rings. The van der Waals surface area contributed by atoms with E-state index in [0.29, 0.717) is 0 Å². The van der Waals surface area contributed by atoms with Crippen molar-refractivity contribution in [3.8, 4) is 33.6 Å². The lowest BCUT2D eigenvalue weighted by Gasteiger charge is -2.29. The van der Waals surface area contributed by atoms with Crippen LogP contribution in [0.5, 0.6) is 0 Å². The van der Waals surface area contributed by atoms with Gasteiger partial charge in [0.25, 0.3) is 0 Å². The summed E-state index contributed by atoms with van der Waals surface area (Å²) in [4.78, 5) is 2.44. The molecule has 3 nitrogen and oxygen atoms in total. The summed E-state index contributed by atoms with van der Waals surface area (Å²) >= 11 is 0. The Balaban J connectivity index is 0.974. The number of benzene rings is 12. The number of hydrogen-bond donors (Lipinski definition) is 0. The molecule has 0 aliphatic carbocycles. The Morgan fingerprint density at radius 1 is 0.270 bits per heavy atom. The van der Waals surface area contributed by atoms with Crippen LogP contribution in [0.25, 0.3) is 88.0 Å². The Labute approximate surface area is 430 Å². The van der Waals surface area contributed by atoms with Gasteiger partial charge in [-0.2, -0.15) is 0 Å². The van der Waals surface area contributed by atoms with Gasteiger partial charge >= 0.3 is 0 Å². The van der Waals surface area contributed by atoms with Crippen LogP contribution in [0.2, 0.25) is 0 Å². The van der Waals surface area contributed by atoms with E-state index in [4.69, 9.17) is 0 Å². The fraction of sp³-hybridized carbons (Fsp3) is 0.0141. The number of aromatic nitrogens is 2. The maximum absolute atomic E-state index is 2.45. The van der Waals surface area contributed by atoms with Crippen molar-refractivity contribution in [2.45, 2.75) is 5.92 Å². The summed E-state index contributed by atoms with van der Waals surface area (Å²) in [7, 11) is 0. The topological polar surface area (TPSA) is 13.1 Å². The highest BCUT2D eigenvalue weighted by Gasteiger charge is 2.24. The predicted molar refractivity (Wildman–Crippen MR) is 312 cm³/mol. The molecule has 1 atom stereocenters. The molecule has 3 heteroatoms. The summed E-state index contributed by atoms with van der Waals surface area (Å²) in [6.07, 6.45) is 0. The van der Waals surface area contributed by atoms with E-state index in [2.05, 4.69) is 305 Å². The molecule has 0 aliphatic heterocycles. The Kier molecular flexibility index (Phi) is 10.6. The molecule has 0 N–H and O–H groups in total. The normalized spacial score (nSPS) is 12.0. The van der Waals surface area contributed by atoms with Crippen molar-refractivity contribution in [1.29, 1.82) is 0 Å². The molecule has 1 unspecified atom stereocenters. The summed E-state index contributed by atoms with van der Waals surface area (Å²) < 4.78 is 4.79. The minimum absolute atomic E-state index is 0.0499. The first-order valence-corrected chi connectivity index (χ1v) is 25.5. The second-order valence-corrected chi connectivity index (χ2v) is 19.3. The molecule has 14 aromatic rings. The van der Waals surface area contributed by atoms with Crippen LogP contribution in [-0.2, 0) is 0 Å². The molecule has 12 aromatic carbocycles. The van der Waals surface area contributed by atoms with Crippen molar-refractivity contribution in [2.24, 2.45) is 0 Å². The molecule has 2 heterocycles. The highest BCUT2D eigenvalue weighted by Crippen LogP contribution is 2.47. The molecule has 74 heavy (non-hydrogen) atoms. The first-order chi connectivity index (χ1) is 36.7. The number of para-hydroxylation sites is 5. The molecule has 0 amide bonds. The number of nitrogens with zero attached hydrogens (tertiary/aromatic N) is 3. The van der Waals surface area contributed by atoms with E-state index < -0.39 is 0 Å². The summed E-state index contributed by atoms with van der Waals surface area (Å²) in [6.45, 7) is 0. The average Bonchev–Trinajstić information content (AvgIpc) is 4.00. The second-order valence-electron chi connectivity index (χ2n) is 19.3. The fourth-order valence-electron chi connectivity index (χ4n) is 11.7. The van der Waals surface area contributed by atoms with Crippen molar-refractivity contribution in [1.82, 2.24) is 9.13 Å². The SMILES string of the molecule is c1ccc(-c2cc3c(-c4ccccc4)cc(C(c4ccccc4)c4ccc(-n5c6ccccc6c6ccccc65)cc4)cc3cc2N(c2ccccc2)c2ccc(-n3c4ccccc4c4ccccc43)cc2)cc1. The summed E-state index contributed by atoms with van der Waals surface area (Å²) in [5, 5.41) is 7.39. The Bertz CT molecular complexity index is 4220. The molecule has 0 spiro atoms. The van der Waals surface area contributed by atoms with Crippen LogP contribution in [0.15, 0.2) is 291 Å². The predicted octanol–water partition coefficient (Wildman–Crippen LogP) is 19.0. The monoisotopic (exact) mass is 943 g/mol. The molecule has 14 rings (SSSR count). The van der Waals surface area contributed by atoms with Crippen LogP contribution in [0, 0.1) is 0 Å². The van der Waals surface area contributed by atoms with Crippen LogP contribution in [0.1, 0.15) is 22.6 Å². The average molecular weight is 944 g/mol. The summed E-state index contributed by atoms with van der Waals surface area (Å²) in [6, 6.07) is 107. The van der Waals surface area contributed by atoms with Crippen molar-refractivity contribution in [3.05, 3.63) is 308 Å². The minimum atomic E-state index is -0.0499. The van der Waals surface area contributed by atoms with E-state index >= 15 is 0 Å². The standard InChI is InChI=1S/C71H49N3/c1-5-21-49(22-6-1)63-46-54(71(51-25-9-3-10-26-51)52-37-39-57(40-38-52)73-66-33-17-13-29-59(66)60-30-14-18-34-67(60)73)45-53-47-70(65(48-64(53)63)50-23-7-2-8-24-50)72(55-27-11-4-12-28-55)56-41-43-58(44-42-56)74-68-35-19-15-31-61(68)62-32-16-20-36-69(62)74/h1-48,71H. The number of hydrogen-bond acceptors (Lipinski definition) is 1. The zero-order chi connectivity index (χ0) is 49.0. The van der Waals surface area contributed by atoms with Crippen LogP contribution in [-0.4, -0.2) is 9.13 Å². The quantitative estimate of drug-likeness (QED) is 0.125. The van der Waals surface area contributed by atoms with Crippen LogP contribution < -0.4 is 4.90 Å². The lowest BCUT2D eigenvalue weighted by atomic mass is 9.82. The van der Waals surface area contributed by atoms with Gasteiger partial charge in [0, 0.05) is 55.8 Å². The smallest absolute Gasteiger partial charge is 0.0546 e. The molecule has 348 valence electrons. The van der Waals surface area contributed by atoms with Gasteiger partial charge in [-0.25, -0.2) is 0 Å². The number of fused-ring (bicyclic) bond motifs is 7. The lowest BCUT2D eigenvalue weighted by Crippen LogP contribution is -2.12.